The molecule has 4 rings (SSSR count). The van der Waals surface area contributed by atoms with Crippen LogP contribution in [0.4, 0.5) is 21.1 Å². The Kier molecular flexibility index (Phi) is 5.90. The van der Waals surface area contributed by atoms with E-state index in [0.717, 1.165) is 22.6 Å². The average molecular weight is 426 g/mol. The van der Waals surface area contributed by atoms with Crippen molar-refractivity contribution < 1.29 is 19.4 Å². The van der Waals surface area contributed by atoms with E-state index in [-0.39, 0.29) is 18.6 Å². The number of rotatable bonds is 4. The molecule has 1 aromatic carbocycles. The number of nitrogens with one attached hydrogen (secondary N) is 2. The van der Waals surface area contributed by atoms with Gasteiger partial charge >= 0.3 is 12.1 Å². The largest absolute Gasteiger partial charge is 0.465 e. The summed E-state index contributed by atoms with van der Waals surface area (Å²) in [5, 5.41) is 15.0. The van der Waals surface area contributed by atoms with Crippen molar-refractivity contribution in [2.45, 2.75) is 26.4 Å². The molecule has 1 atom stereocenters. The second-order valence-electron chi connectivity index (χ2n) is 7.48. The molecule has 2 aliphatic heterocycles. The Morgan fingerprint density at radius 3 is 2.55 bits per heavy atom. The van der Waals surface area contributed by atoms with Crippen LogP contribution in [0.25, 0.3) is 11.4 Å². The highest BCUT2D eigenvalue weighted by molar-refractivity contribution is 5.89. The number of benzene rings is 1. The highest BCUT2D eigenvalue weighted by Crippen LogP contribution is 2.39. The molecule has 0 spiro atoms. The van der Waals surface area contributed by atoms with Crippen molar-refractivity contribution in [3.63, 3.8) is 0 Å². The van der Waals surface area contributed by atoms with Gasteiger partial charge in [0.1, 0.15) is 5.82 Å². The van der Waals surface area contributed by atoms with E-state index >= 15 is 0 Å². The number of aromatic nitrogens is 2. The average Bonchev–Trinajstić information content (AvgIpc) is 3.11. The first-order valence-corrected chi connectivity index (χ1v) is 10.4. The van der Waals surface area contributed by atoms with Crippen LogP contribution in [0.2, 0.25) is 0 Å². The van der Waals surface area contributed by atoms with Gasteiger partial charge in [-0.05, 0) is 38.1 Å². The quantitative estimate of drug-likeness (QED) is 0.687. The molecular formula is C21H26N6O4. The third-order valence-electron chi connectivity index (χ3n) is 5.50. The van der Waals surface area contributed by atoms with Crippen molar-refractivity contribution in [1.82, 2.24) is 20.2 Å². The number of anilines is 2. The summed E-state index contributed by atoms with van der Waals surface area (Å²) < 4.78 is 5.47. The number of fused-ring (bicyclic) bond motifs is 1. The lowest BCUT2D eigenvalue weighted by Crippen LogP contribution is -2.38. The summed E-state index contributed by atoms with van der Waals surface area (Å²) in [6, 6.07) is 6.70. The Labute approximate surface area is 180 Å². The maximum Gasteiger partial charge on any atom is 0.408 e. The van der Waals surface area contributed by atoms with Crippen molar-refractivity contribution in [1.29, 1.82) is 0 Å². The molecule has 31 heavy (non-hydrogen) atoms. The Bertz CT molecular complexity index is 975. The molecule has 2 aliphatic rings. The number of hydrogen-bond acceptors (Lipinski definition) is 6. The highest BCUT2D eigenvalue weighted by atomic mass is 16.5. The highest BCUT2D eigenvalue weighted by Gasteiger charge is 2.36. The van der Waals surface area contributed by atoms with Gasteiger partial charge in [-0.2, -0.15) is 0 Å². The molecule has 2 aromatic rings. The summed E-state index contributed by atoms with van der Waals surface area (Å²) in [6.07, 6.45) is -0.972. The lowest BCUT2D eigenvalue weighted by atomic mass is 10.1. The molecule has 1 aromatic heterocycles. The molecule has 10 nitrogen and oxygen atoms in total. The predicted octanol–water partition coefficient (Wildman–Crippen LogP) is 2.68. The first-order chi connectivity index (χ1) is 15.0. The lowest BCUT2D eigenvalue weighted by molar-refractivity contribution is 0.121. The van der Waals surface area contributed by atoms with Crippen LogP contribution in [-0.2, 0) is 11.3 Å². The molecule has 0 bridgehead atoms. The molecule has 0 saturated carbocycles. The van der Waals surface area contributed by atoms with Crippen LogP contribution >= 0.6 is 0 Å². The van der Waals surface area contributed by atoms with Crippen LogP contribution in [0.15, 0.2) is 24.3 Å². The Hall–Kier alpha value is -3.40. The number of morpholine rings is 1. The Morgan fingerprint density at radius 1 is 1.19 bits per heavy atom. The van der Waals surface area contributed by atoms with Crippen LogP contribution in [0.3, 0.4) is 0 Å². The van der Waals surface area contributed by atoms with Crippen molar-refractivity contribution >= 4 is 23.6 Å². The second-order valence-corrected chi connectivity index (χ2v) is 7.48. The first kappa shape index (κ1) is 20.9. The van der Waals surface area contributed by atoms with E-state index in [0.29, 0.717) is 44.4 Å². The fourth-order valence-corrected chi connectivity index (χ4v) is 3.92. The van der Waals surface area contributed by atoms with Gasteiger partial charge in [-0.3, -0.25) is 4.90 Å². The number of carboxylic acid groups (broad SMARTS) is 1. The zero-order valence-electron chi connectivity index (χ0n) is 17.6. The summed E-state index contributed by atoms with van der Waals surface area (Å²) in [4.78, 5) is 36.5. The standard InChI is InChI=1S/C21H26N6O4/c1-3-22-20(28)23-15-6-4-14(5-7-15)18-24-16-12-27(21(29)30)13(2)17(16)19(25-18)26-8-10-31-11-9-26/h4-7,13H,3,8-12H2,1-2H3,(H,29,30)(H2,22,23,28). The van der Waals surface area contributed by atoms with Crippen molar-refractivity contribution in [2.75, 3.05) is 43.1 Å². The summed E-state index contributed by atoms with van der Waals surface area (Å²) in [5.41, 5.74) is 3.05. The molecule has 0 radical (unpaired) electrons. The summed E-state index contributed by atoms with van der Waals surface area (Å²) in [5.74, 6) is 1.30. The molecule has 10 heteroatoms. The van der Waals surface area contributed by atoms with Crippen molar-refractivity contribution in [2.24, 2.45) is 0 Å². The molecule has 0 aliphatic carbocycles. The van der Waals surface area contributed by atoms with Crippen LogP contribution in [0, 0.1) is 0 Å². The number of urea groups is 1. The van der Waals surface area contributed by atoms with E-state index in [9.17, 15) is 14.7 Å². The van der Waals surface area contributed by atoms with Gasteiger partial charge in [0.25, 0.3) is 0 Å². The molecule has 3 N–H and O–H groups in total. The fourth-order valence-electron chi connectivity index (χ4n) is 3.92. The van der Waals surface area contributed by atoms with Gasteiger partial charge in [0.05, 0.1) is 31.5 Å². The molecule has 1 fully saturated rings. The van der Waals surface area contributed by atoms with Gasteiger partial charge in [-0.1, -0.05) is 0 Å². The van der Waals surface area contributed by atoms with E-state index in [2.05, 4.69) is 15.5 Å². The van der Waals surface area contributed by atoms with Crippen LogP contribution < -0.4 is 15.5 Å². The number of carbonyl (C=O) groups excluding carboxylic acids is 1. The first-order valence-electron chi connectivity index (χ1n) is 10.4. The molecular weight excluding hydrogens is 400 g/mol. The number of carbonyl (C=O) groups is 2. The van der Waals surface area contributed by atoms with Gasteiger partial charge in [0, 0.05) is 36.4 Å². The summed E-state index contributed by atoms with van der Waals surface area (Å²) >= 11 is 0. The number of amides is 3. The van der Waals surface area contributed by atoms with E-state index < -0.39 is 6.09 Å². The van der Waals surface area contributed by atoms with Crippen molar-refractivity contribution in [3.8, 4) is 11.4 Å². The number of ether oxygens (including phenoxy) is 1. The van der Waals surface area contributed by atoms with Gasteiger partial charge in [0.15, 0.2) is 5.82 Å². The summed E-state index contributed by atoms with van der Waals surface area (Å²) in [7, 11) is 0. The number of nitrogens with zero attached hydrogens (tertiary/aromatic N) is 4. The van der Waals surface area contributed by atoms with E-state index in [1.54, 1.807) is 12.1 Å². The van der Waals surface area contributed by atoms with E-state index in [4.69, 9.17) is 14.7 Å². The minimum Gasteiger partial charge on any atom is -0.465 e. The molecule has 3 heterocycles. The lowest BCUT2D eigenvalue weighted by Gasteiger charge is -2.30. The zero-order chi connectivity index (χ0) is 22.0. The monoisotopic (exact) mass is 426 g/mol. The third-order valence-corrected chi connectivity index (χ3v) is 5.50. The third kappa shape index (κ3) is 4.24. The minimum atomic E-state index is -0.972. The maximum absolute atomic E-state index is 11.7. The second kappa shape index (κ2) is 8.76. The summed E-state index contributed by atoms with van der Waals surface area (Å²) in [6.45, 7) is 7.09. The predicted molar refractivity (Wildman–Crippen MR) is 115 cm³/mol. The maximum atomic E-state index is 11.7. The van der Waals surface area contributed by atoms with Crippen LogP contribution in [0.1, 0.15) is 31.1 Å². The van der Waals surface area contributed by atoms with Crippen LogP contribution in [0.5, 0.6) is 0 Å². The van der Waals surface area contributed by atoms with Gasteiger partial charge in [0.2, 0.25) is 0 Å². The van der Waals surface area contributed by atoms with E-state index in [1.807, 2.05) is 26.0 Å². The SMILES string of the molecule is CCNC(=O)Nc1ccc(-c2nc3c(c(N4CCOCC4)n2)C(C)N(C(=O)O)C3)cc1. The Balaban J connectivity index is 1.68. The van der Waals surface area contributed by atoms with Gasteiger partial charge in [-0.25, -0.2) is 19.6 Å². The molecule has 3 amide bonds. The van der Waals surface area contributed by atoms with Gasteiger partial charge in [-0.15, -0.1) is 0 Å². The molecule has 1 saturated heterocycles. The van der Waals surface area contributed by atoms with Crippen molar-refractivity contribution in [3.05, 3.63) is 35.5 Å². The Morgan fingerprint density at radius 2 is 1.90 bits per heavy atom. The molecule has 1 unspecified atom stereocenters. The minimum absolute atomic E-state index is 0.232. The number of hydrogen-bond donors (Lipinski definition) is 3. The molecule has 164 valence electrons. The smallest absolute Gasteiger partial charge is 0.408 e. The normalized spacial score (nSPS) is 17.9. The van der Waals surface area contributed by atoms with E-state index in [1.165, 1.54) is 4.90 Å². The van der Waals surface area contributed by atoms with Gasteiger partial charge < -0.3 is 25.4 Å². The van der Waals surface area contributed by atoms with Crippen LogP contribution in [-0.4, -0.2) is 64.9 Å². The fraction of sp³-hybridized carbons (Fsp3) is 0.429. The topological polar surface area (TPSA) is 120 Å². The zero-order valence-corrected chi connectivity index (χ0v) is 17.6.